The Labute approximate surface area is 99.8 Å². The fourth-order valence-corrected chi connectivity index (χ4v) is 1.80. The molecule has 1 N–H and O–H groups in total. The Balaban J connectivity index is 2.53. The van der Waals surface area contributed by atoms with Crippen LogP contribution in [-0.4, -0.2) is 16.1 Å². The lowest BCUT2D eigenvalue weighted by Crippen LogP contribution is -2.01. The summed E-state index contributed by atoms with van der Waals surface area (Å²) in [6.45, 7) is 4.02. The van der Waals surface area contributed by atoms with Gasteiger partial charge in [-0.15, -0.1) is 0 Å². The van der Waals surface area contributed by atoms with Crippen molar-refractivity contribution in [1.82, 2.24) is 4.98 Å². The predicted octanol–water partition coefficient (Wildman–Crippen LogP) is 3.06. The van der Waals surface area contributed by atoms with E-state index < -0.39 is 5.97 Å². The van der Waals surface area contributed by atoms with Gasteiger partial charge in [0.05, 0.1) is 5.69 Å². The van der Waals surface area contributed by atoms with Gasteiger partial charge in [0.1, 0.15) is 5.69 Å². The van der Waals surface area contributed by atoms with Crippen LogP contribution in [0.4, 0.5) is 0 Å². The molecule has 0 atom stereocenters. The maximum absolute atomic E-state index is 10.9. The van der Waals surface area contributed by atoms with Crippen LogP contribution in [0.2, 0.25) is 0 Å². The molecule has 1 aromatic heterocycles. The third kappa shape index (κ3) is 2.33. The van der Waals surface area contributed by atoms with Gasteiger partial charge in [0.15, 0.2) is 0 Å². The van der Waals surface area contributed by atoms with Crippen molar-refractivity contribution < 1.29 is 9.90 Å². The number of carbonyl (C=O) groups is 1. The van der Waals surface area contributed by atoms with Crippen LogP contribution in [-0.2, 0) is 0 Å². The van der Waals surface area contributed by atoms with E-state index in [0.29, 0.717) is 5.69 Å². The molecule has 3 heteroatoms. The molecule has 0 radical (unpaired) electrons. The lowest BCUT2D eigenvalue weighted by Gasteiger charge is -2.06. The van der Waals surface area contributed by atoms with Crippen LogP contribution in [0.15, 0.2) is 36.4 Å². The second-order valence-electron chi connectivity index (χ2n) is 4.03. The third-order valence-corrected chi connectivity index (χ3v) is 2.63. The second kappa shape index (κ2) is 4.37. The number of benzene rings is 1. The zero-order chi connectivity index (χ0) is 12.4. The number of aromatic carboxylic acids is 1. The monoisotopic (exact) mass is 227 g/mol. The Bertz CT molecular complexity index is 576. The summed E-state index contributed by atoms with van der Waals surface area (Å²) in [4.78, 5) is 15.0. The Morgan fingerprint density at radius 1 is 1.18 bits per heavy atom. The number of aromatic nitrogens is 1. The average Bonchev–Trinajstić information content (AvgIpc) is 2.29. The number of pyridine rings is 1. The molecule has 0 aliphatic carbocycles. The lowest BCUT2D eigenvalue weighted by atomic mass is 10.0. The minimum Gasteiger partial charge on any atom is -0.477 e. The summed E-state index contributed by atoms with van der Waals surface area (Å²) in [6.07, 6.45) is 0. The highest BCUT2D eigenvalue weighted by Crippen LogP contribution is 2.22. The van der Waals surface area contributed by atoms with E-state index in [1.165, 1.54) is 11.6 Å². The van der Waals surface area contributed by atoms with E-state index in [0.717, 1.165) is 11.1 Å². The van der Waals surface area contributed by atoms with E-state index in [4.69, 9.17) is 5.11 Å². The first-order valence-electron chi connectivity index (χ1n) is 5.36. The van der Waals surface area contributed by atoms with E-state index in [9.17, 15) is 4.79 Å². The molecule has 0 fully saturated rings. The summed E-state index contributed by atoms with van der Waals surface area (Å²) in [5, 5.41) is 8.91. The van der Waals surface area contributed by atoms with Crippen LogP contribution in [0, 0.1) is 13.8 Å². The largest absolute Gasteiger partial charge is 0.477 e. The fourth-order valence-electron chi connectivity index (χ4n) is 1.80. The number of aryl methyl sites for hydroxylation is 2. The Hall–Kier alpha value is -2.16. The van der Waals surface area contributed by atoms with Crippen molar-refractivity contribution in [3.05, 3.63) is 53.2 Å². The molecule has 0 saturated heterocycles. The maximum atomic E-state index is 10.9. The second-order valence-corrected chi connectivity index (χ2v) is 4.03. The van der Waals surface area contributed by atoms with Crippen molar-refractivity contribution in [3.8, 4) is 11.3 Å². The Kier molecular flexibility index (Phi) is 2.91. The number of rotatable bonds is 2. The highest BCUT2D eigenvalue weighted by atomic mass is 16.4. The van der Waals surface area contributed by atoms with E-state index in [2.05, 4.69) is 11.1 Å². The minimum atomic E-state index is -1.00. The average molecular weight is 227 g/mol. The quantitative estimate of drug-likeness (QED) is 0.857. The SMILES string of the molecule is Cc1ccc(-c2cccc(C(=O)O)n2)c(C)c1. The molecule has 0 spiro atoms. The summed E-state index contributed by atoms with van der Waals surface area (Å²) in [6, 6.07) is 11.1. The molecular weight excluding hydrogens is 214 g/mol. The third-order valence-electron chi connectivity index (χ3n) is 2.63. The van der Waals surface area contributed by atoms with Gasteiger partial charge in [-0.25, -0.2) is 9.78 Å². The molecule has 86 valence electrons. The molecule has 1 heterocycles. The van der Waals surface area contributed by atoms with Gasteiger partial charge < -0.3 is 5.11 Å². The van der Waals surface area contributed by atoms with E-state index >= 15 is 0 Å². The van der Waals surface area contributed by atoms with E-state index in [-0.39, 0.29) is 5.69 Å². The van der Waals surface area contributed by atoms with Gasteiger partial charge in [0.25, 0.3) is 0 Å². The molecule has 2 rings (SSSR count). The van der Waals surface area contributed by atoms with Crippen LogP contribution in [0.25, 0.3) is 11.3 Å². The minimum absolute atomic E-state index is 0.0717. The van der Waals surface area contributed by atoms with E-state index in [1.807, 2.05) is 32.0 Å². The van der Waals surface area contributed by atoms with Crippen LogP contribution in [0.5, 0.6) is 0 Å². The smallest absolute Gasteiger partial charge is 0.354 e. The molecule has 0 saturated carbocycles. The number of hydrogen-bond donors (Lipinski definition) is 1. The van der Waals surface area contributed by atoms with Crippen molar-refractivity contribution in [3.63, 3.8) is 0 Å². The van der Waals surface area contributed by atoms with Crippen LogP contribution < -0.4 is 0 Å². The zero-order valence-corrected chi connectivity index (χ0v) is 9.77. The van der Waals surface area contributed by atoms with Gasteiger partial charge >= 0.3 is 5.97 Å². The molecule has 0 aliphatic heterocycles. The molecule has 0 amide bonds. The lowest BCUT2D eigenvalue weighted by molar-refractivity contribution is 0.0690. The Morgan fingerprint density at radius 3 is 2.59 bits per heavy atom. The highest BCUT2D eigenvalue weighted by Gasteiger charge is 2.08. The topological polar surface area (TPSA) is 50.2 Å². The van der Waals surface area contributed by atoms with Crippen LogP contribution >= 0.6 is 0 Å². The predicted molar refractivity (Wildman–Crippen MR) is 66.1 cm³/mol. The normalized spacial score (nSPS) is 10.2. The van der Waals surface area contributed by atoms with Gasteiger partial charge in [0.2, 0.25) is 0 Å². The Morgan fingerprint density at radius 2 is 1.94 bits per heavy atom. The van der Waals surface area contributed by atoms with Gasteiger partial charge in [-0.3, -0.25) is 0 Å². The van der Waals surface area contributed by atoms with Gasteiger partial charge in [0, 0.05) is 5.56 Å². The van der Waals surface area contributed by atoms with Crippen LogP contribution in [0.3, 0.4) is 0 Å². The molecule has 0 unspecified atom stereocenters. The number of nitrogens with zero attached hydrogens (tertiary/aromatic N) is 1. The summed E-state index contributed by atoms with van der Waals surface area (Å²) in [5.41, 5.74) is 4.02. The molecule has 0 aliphatic rings. The summed E-state index contributed by atoms with van der Waals surface area (Å²) in [5.74, 6) is -1.00. The van der Waals surface area contributed by atoms with E-state index in [1.54, 1.807) is 6.07 Å². The van der Waals surface area contributed by atoms with Crippen molar-refractivity contribution in [1.29, 1.82) is 0 Å². The first-order valence-corrected chi connectivity index (χ1v) is 5.36. The number of hydrogen-bond acceptors (Lipinski definition) is 2. The van der Waals surface area contributed by atoms with Gasteiger partial charge in [-0.1, -0.05) is 29.8 Å². The molecular formula is C14H13NO2. The van der Waals surface area contributed by atoms with Gasteiger partial charge in [-0.05, 0) is 31.5 Å². The molecule has 0 bridgehead atoms. The maximum Gasteiger partial charge on any atom is 0.354 e. The van der Waals surface area contributed by atoms with Crippen LogP contribution in [0.1, 0.15) is 21.6 Å². The van der Waals surface area contributed by atoms with Crippen molar-refractivity contribution in [2.45, 2.75) is 13.8 Å². The molecule has 2 aromatic rings. The standard InChI is InChI=1S/C14H13NO2/c1-9-6-7-11(10(2)8-9)12-4-3-5-13(15-12)14(16)17/h3-8H,1-2H3,(H,16,17). The molecule has 17 heavy (non-hydrogen) atoms. The summed E-state index contributed by atoms with van der Waals surface area (Å²) < 4.78 is 0. The fraction of sp³-hybridized carbons (Fsp3) is 0.143. The molecule has 1 aromatic carbocycles. The first kappa shape index (κ1) is 11.3. The van der Waals surface area contributed by atoms with Crippen molar-refractivity contribution in [2.75, 3.05) is 0 Å². The molecule has 3 nitrogen and oxygen atoms in total. The van der Waals surface area contributed by atoms with Gasteiger partial charge in [-0.2, -0.15) is 0 Å². The zero-order valence-electron chi connectivity index (χ0n) is 9.77. The number of carboxylic acids is 1. The summed E-state index contributed by atoms with van der Waals surface area (Å²) >= 11 is 0. The first-order chi connectivity index (χ1) is 8.08. The van der Waals surface area contributed by atoms with Crippen molar-refractivity contribution in [2.24, 2.45) is 0 Å². The highest BCUT2D eigenvalue weighted by molar-refractivity contribution is 5.86. The van der Waals surface area contributed by atoms with Crippen molar-refractivity contribution >= 4 is 5.97 Å². The summed E-state index contributed by atoms with van der Waals surface area (Å²) in [7, 11) is 0. The number of carboxylic acid groups (broad SMARTS) is 1.